The van der Waals surface area contributed by atoms with Crippen LogP contribution in [0.25, 0.3) is 0 Å². The first-order chi connectivity index (χ1) is 12.8. The summed E-state index contributed by atoms with van der Waals surface area (Å²) in [5, 5.41) is 6.15. The summed E-state index contributed by atoms with van der Waals surface area (Å²) in [5.74, 6) is 0.274. The Kier molecular flexibility index (Phi) is 10.6. The van der Waals surface area contributed by atoms with Gasteiger partial charge in [-0.3, -0.25) is 4.99 Å². The molecule has 7 nitrogen and oxygen atoms in total. The fraction of sp³-hybridized carbons (Fsp3) is 0.611. The lowest BCUT2D eigenvalue weighted by atomic mass is 10.1. The maximum absolute atomic E-state index is 12.9. The van der Waals surface area contributed by atoms with Crippen LogP contribution < -0.4 is 10.6 Å². The maximum Gasteiger partial charge on any atom is 0.216 e. The van der Waals surface area contributed by atoms with Crippen LogP contribution in [-0.2, 0) is 21.2 Å². The van der Waals surface area contributed by atoms with Crippen molar-refractivity contribution in [3.05, 3.63) is 35.6 Å². The second-order valence-corrected chi connectivity index (χ2v) is 8.78. The molecule has 0 amide bonds. The smallest absolute Gasteiger partial charge is 0.216 e. The lowest BCUT2D eigenvalue weighted by molar-refractivity contribution is -0.0440. The summed E-state index contributed by atoms with van der Waals surface area (Å²) in [6.45, 7) is 5.40. The highest BCUT2D eigenvalue weighted by Gasteiger charge is 2.30. The lowest BCUT2D eigenvalue weighted by Crippen LogP contribution is -2.50. The lowest BCUT2D eigenvalue weighted by Gasteiger charge is -2.34. The number of hydrogen-bond acceptors (Lipinski definition) is 4. The number of ether oxygens (including phenoxy) is 1. The van der Waals surface area contributed by atoms with E-state index in [1.165, 1.54) is 16.4 Å². The van der Waals surface area contributed by atoms with E-state index in [0.29, 0.717) is 32.0 Å². The van der Waals surface area contributed by atoms with E-state index in [0.717, 1.165) is 5.56 Å². The number of guanidine groups is 1. The summed E-state index contributed by atoms with van der Waals surface area (Å²) in [6, 6.07) is 6.34. The van der Waals surface area contributed by atoms with Gasteiger partial charge in [0.15, 0.2) is 5.96 Å². The molecule has 1 saturated heterocycles. The summed E-state index contributed by atoms with van der Waals surface area (Å²) < 4.78 is 45.0. The van der Waals surface area contributed by atoms with Crippen LogP contribution in [0.3, 0.4) is 0 Å². The van der Waals surface area contributed by atoms with Crippen LogP contribution in [0.5, 0.6) is 0 Å². The van der Waals surface area contributed by atoms with Crippen molar-refractivity contribution in [3.8, 4) is 0 Å². The molecule has 0 bridgehead atoms. The minimum atomic E-state index is -3.35. The Bertz CT molecular complexity index is 721. The van der Waals surface area contributed by atoms with Gasteiger partial charge >= 0.3 is 0 Å². The van der Waals surface area contributed by atoms with E-state index in [1.807, 2.05) is 13.8 Å². The first-order valence-corrected chi connectivity index (χ1v) is 10.7. The van der Waals surface area contributed by atoms with Crippen LogP contribution in [0.1, 0.15) is 19.4 Å². The Morgan fingerprint density at radius 2 is 1.75 bits per heavy atom. The molecular formula is C18H30FIN4O3S. The third-order valence-electron chi connectivity index (χ3n) is 4.27. The zero-order valence-electron chi connectivity index (χ0n) is 16.5. The average molecular weight is 528 g/mol. The van der Waals surface area contributed by atoms with E-state index in [2.05, 4.69) is 15.6 Å². The van der Waals surface area contributed by atoms with Gasteiger partial charge in [0.1, 0.15) is 5.82 Å². The Hall–Kier alpha value is -0.980. The van der Waals surface area contributed by atoms with Crippen LogP contribution >= 0.6 is 24.0 Å². The quantitative estimate of drug-likeness (QED) is 0.319. The second-order valence-electron chi connectivity index (χ2n) is 6.69. The van der Waals surface area contributed by atoms with Gasteiger partial charge in [0.25, 0.3) is 0 Å². The van der Waals surface area contributed by atoms with E-state index in [4.69, 9.17) is 4.74 Å². The van der Waals surface area contributed by atoms with Gasteiger partial charge in [-0.05, 0) is 38.0 Å². The zero-order valence-corrected chi connectivity index (χ0v) is 19.7. The molecule has 0 radical (unpaired) electrons. The number of rotatable bonds is 7. The molecule has 1 aliphatic heterocycles. The van der Waals surface area contributed by atoms with Gasteiger partial charge in [-0.1, -0.05) is 12.1 Å². The van der Waals surface area contributed by atoms with Gasteiger partial charge < -0.3 is 15.4 Å². The standard InChI is InChI=1S/C18H29FN4O3S.HI/c1-14-12-23(13-15(2)26-14)27(24,25)11-10-22-18(20-3)21-9-8-16-4-6-17(19)7-5-16;/h4-7,14-15H,8-13H2,1-3H3,(H2,20,21,22);1H. The highest BCUT2D eigenvalue weighted by atomic mass is 127. The summed E-state index contributed by atoms with van der Waals surface area (Å²) in [6.07, 6.45) is 0.512. The molecular weight excluding hydrogens is 498 g/mol. The van der Waals surface area contributed by atoms with Crippen LogP contribution in [-0.4, -0.2) is 69.9 Å². The molecule has 1 aliphatic rings. The molecule has 2 rings (SSSR count). The number of benzene rings is 1. The minimum absolute atomic E-state index is 0. The predicted molar refractivity (Wildman–Crippen MR) is 120 cm³/mol. The summed E-state index contributed by atoms with van der Waals surface area (Å²) in [7, 11) is -1.72. The molecule has 1 fully saturated rings. The normalized spacial score (nSPS) is 21.1. The van der Waals surface area contributed by atoms with Gasteiger partial charge in [0.05, 0.1) is 18.0 Å². The van der Waals surface area contributed by atoms with Crippen molar-refractivity contribution in [2.45, 2.75) is 32.5 Å². The van der Waals surface area contributed by atoms with E-state index in [9.17, 15) is 12.8 Å². The second kappa shape index (κ2) is 11.9. The number of halogens is 2. The molecule has 2 unspecified atom stereocenters. The van der Waals surface area contributed by atoms with Crippen LogP contribution in [0.4, 0.5) is 4.39 Å². The molecule has 0 aliphatic carbocycles. The highest BCUT2D eigenvalue weighted by molar-refractivity contribution is 14.0. The first kappa shape index (κ1) is 25.1. The van der Waals surface area contributed by atoms with Gasteiger partial charge in [0.2, 0.25) is 10.0 Å². The Labute approximate surface area is 184 Å². The average Bonchev–Trinajstić information content (AvgIpc) is 2.61. The SMILES string of the molecule is CN=C(NCCc1ccc(F)cc1)NCCS(=O)(=O)N1CC(C)OC(C)C1.I. The molecule has 10 heteroatoms. The number of nitrogens with zero attached hydrogens (tertiary/aromatic N) is 2. The molecule has 1 aromatic rings. The van der Waals surface area contributed by atoms with Gasteiger partial charge in [0, 0.05) is 33.2 Å². The highest BCUT2D eigenvalue weighted by Crippen LogP contribution is 2.14. The van der Waals surface area contributed by atoms with Crippen molar-refractivity contribution in [2.24, 2.45) is 4.99 Å². The van der Waals surface area contributed by atoms with Crippen molar-refractivity contribution in [2.75, 3.05) is 39.0 Å². The Morgan fingerprint density at radius 3 is 2.32 bits per heavy atom. The van der Waals surface area contributed by atoms with Crippen molar-refractivity contribution >= 4 is 40.0 Å². The summed E-state index contributed by atoms with van der Waals surface area (Å²) in [5.41, 5.74) is 1.01. The molecule has 1 heterocycles. The zero-order chi connectivity index (χ0) is 19.9. The van der Waals surface area contributed by atoms with E-state index < -0.39 is 10.0 Å². The first-order valence-electron chi connectivity index (χ1n) is 9.12. The van der Waals surface area contributed by atoms with Gasteiger partial charge in [-0.25, -0.2) is 12.8 Å². The van der Waals surface area contributed by atoms with Gasteiger partial charge in [-0.15, -0.1) is 24.0 Å². The van der Waals surface area contributed by atoms with E-state index >= 15 is 0 Å². The van der Waals surface area contributed by atoms with Crippen LogP contribution in [0.2, 0.25) is 0 Å². The summed E-state index contributed by atoms with van der Waals surface area (Å²) in [4.78, 5) is 4.10. The fourth-order valence-electron chi connectivity index (χ4n) is 2.98. The monoisotopic (exact) mass is 528 g/mol. The third kappa shape index (κ3) is 8.18. The van der Waals surface area contributed by atoms with Crippen LogP contribution in [0.15, 0.2) is 29.3 Å². The molecule has 0 spiro atoms. The largest absolute Gasteiger partial charge is 0.373 e. The molecule has 160 valence electrons. The maximum atomic E-state index is 12.9. The van der Waals surface area contributed by atoms with Crippen molar-refractivity contribution in [3.63, 3.8) is 0 Å². The number of sulfonamides is 1. The summed E-state index contributed by atoms with van der Waals surface area (Å²) >= 11 is 0. The van der Waals surface area contributed by atoms with Crippen LogP contribution in [0, 0.1) is 5.82 Å². The number of morpholine rings is 1. The topological polar surface area (TPSA) is 83.0 Å². The number of hydrogen-bond donors (Lipinski definition) is 2. The number of nitrogens with one attached hydrogen (secondary N) is 2. The molecule has 0 saturated carbocycles. The molecule has 0 aromatic heterocycles. The molecule has 1 aromatic carbocycles. The predicted octanol–water partition coefficient (Wildman–Crippen LogP) is 1.59. The van der Waals surface area contributed by atoms with E-state index in [1.54, 1.807) is 19.2 Å². The van der Waals surface area contributed by atoms with E-state index in [-0.39, 0.29) is 54.3 Å². The molecule has 28 heavy (non-hydrogen) atoms. The Morgan fingerprint density at radius 1 is 1.18 bits per heavy atom. The fourth-order valence-corrected chi connectivity index (χ4v) is 4.47. The molecule has 2 atom stereocenters. The molecule has 2 N–H and O–H groups in total. The number of aliphatic imine (C=N–C) groups is 1. The minimum Gasteiger partial charge on any atom is -0.373 e. The van der Waals surface area contributed by atoms with Crippen molar-refractivity contribution in [1.29, 1.82) is 0 Å². The van der Waals surface area contributed by atoms with Gasteiger partial charge in [-0.2, -0.15) is 4.31 Å². The van der Waals surface area contributed by atoms with Crippen molar-refractivity contribution < 1.29 is 17.5 Å². The van der Waals surface area contributed by atoms with Crippen molar-refractivity contribution in [1.82, 2.24) is 14.9 Å². The third-order valence-corrected chi connectivity index (χ3v) is 6.08. The Balaban J connectivity index is 0.00000392.